The van der Waals surface area contributed by atoms with E-state index in [0.717, 1.165) is 24.1 Å². The summed E-state index contributed by atoms with van der Waals surface area (Å²) in [6, 6.07) is 15.9. The summed E-state index contributed by atoms with van der Waals surface area (Å²) in [6.07, 6.45) is 2.15. The molecule has 0 spiro atoms. The minimum absolute atomic E-state index is 0.0404. The molecule has 5 heteroatoms. The summed E-state index contributed by atoms with van der Waals surface area (Å²) >= 11 is 0. The number of nitrogens with zero attached hydrogens (tertiary/aromatic N) is 2. The van der Waals surface area contributed by atoms with Crippen LogP contribution in [0.1, 0.15) is 34.8 Å². The van der Waals surface area contributed by atoms with Crippen LogP contribution in [0, 0.1) is 0 Å². The van der Waals surface area contributed by atoms with Gasteiger partial charge in [-0.3, -0.25) is 9.59 Å². The predicted molar refractivity (Wildman–Crippen MR) is 112 cm³/mol. The van der Waals surface area contributed by atoms with Gasteiger partial charge >= 0.3 is 0 Å². The van der Waals surface area contributed by atoms with Gasteiger partial charge in [-0.15, -0.1) is 0 Å². The highest BCUT2D eigenvalue weighted by Gasteiger charge is 2.29. The maximum atomic E-state index is 13.3. The van der Waals surface area contributed by atoms with Crippen LogP contribution in [0.3, 0.4) is 0 Å². The van der Waals surface area contributed by atoms with Gasteiger partial charge in [0.2, 0.25) is 5.91 Å². The number of amides is 2. The van der Waals surface area contributed by atoms with Crippen LogP contribution in [0.4, 0.5) is 5.69 Å². The van der Waals surface area contributed by atoms with Crippen LogP contribution >= 0.6 is 0 Å². The molecule has 146 valence electrons. The van der Waals surface area contributed by atoms with Gasteiger partial charge in [-0.05, 0) is 41.8 Å². The SMILES string of the molecule is C=CC(=O)NCc1ccc(C(=O)N2Cc3ccccc3N(C)CC2CC)cc1. The largest absolute Gasteiger partial charge is 0.372 e. The first-order chi connectivity index (χ1) is 13.5. The molecule has 1 unspecified atom stereocenters. The second kappa shape index (κ2) is 8.74. The highest BCUT2D eigenvalue weighted by atomic mass is 16.2. The van der Waals surface area contributed by atoms with E-state index in [1.165, 1.54) is 11.8 Å². The fraction of sp³-hybridized carbons (Fsp3) is 0.304. The Bertz CT molecular complexity index is 860. The molecule has 0 bridgehead atoms. The van der Waals surface area contributed by atoms with E-state index in [1.54, 1.807) is 0 Å². The summed E-state index contributed by atoms with van der Waals surface area (Å²) in [5.41, 5.74) is 3.96. The zero-order valence-electron chi connectivity index (χ0n) is 16.5. The molecule has 1 atom stereocenters. The van der Waals surface area contributed by atoms with E-state index in [4.69, 9.17) is 0 Å². The number of carbonyl (C=O) groups is 2. The first-order valence-electron chi connectivity index (χ1n) is 9.62. The standard InChI is InChI=1S/C23H27N3O2/c1-4-20-16-25(3)21-9-7-6-8-19(21)15-26(20)23(28)18-12-10-17(11-13-18)14-24-22(27)5-2/h5-13,20H,2,4,14-16H2,1,3H3,(H,24,27). The number of rotatable bonds is 5. The van der Waals surface area contributed by atoms with E-state index in [0.29, 0.717) is 18.7 Å². The number of carbonyl (C=O) groups excluding carboxylic acids is 2. The van der Waals surface area contributed by atoms with Crippen LogP contribution in [0.25, 0.3) is 0 Å². The van der Waals surface area contributed by atoms with Crippen LogP contribution in [-0.2, 0) is 17.9 Å². The van der Waals surface area contributed by atoms with Crippen molar-refractivity contribution in [3.05, 3.63) is 77.9 Å². The summed E-state index contributed by atoms with van der Waals surface area (Å²) in [4.78, 5) is 28.8. The number of hydrogen-bond donors (Lipinski definition) is 1. The van der Waals surface area contributed by atoms with E-state index >= 15 is 0 Å². The van der Waals surface area contributed by atoms with E-state index in [9.17, 15) is 9.59 Å². The van der Waals surface area contributed by atoms with Crippen LogP contribution in [0.5, 0.6) is 0 Å². The summed E-state index contributed by atoms with van der Waals surface area (Å²) in [7, 11) is 2.09. The van der Waals surface area contributed by atoms with Crippen LogP contribution in [-0.4, -0.2) is 36.3 Å². The second-order valence-corrected chi connectivity index (χ2v) is 7.12. The van der Waals surface area contributed by atoms with Gasteiger partial charge in [-0.2, -0.15) is 0 Å². The van der Waals surface area contributed by atoms with Gasteiger partial charge in [0.05, 0.1) is 0 Å². The fourth-order valence-electron chi connectivity index (χ4n) is 3.62. The fourth-order valence-corrected chi connectivity index (χ4v) is 3.62. The second-order valence-electron chi connectivity index (χ2n) is 7.12. The van der Waals surface area contributed by atoms with Crippen molar-refractivity contribution in [2.24, 2.45) is 0 Å². The summed E-state index contributed by atoms with van der Waals surface area (Å²) in [5, 5.41) is 2.74. The Morgan fingerprint density at radius 1 is 1.18 bits per heavy atom. The molecule has 0 aliphatic carbocycles. The smallest absolute Gasteiger partial charge is 0.254 e. The number of likely N-dealkylation sites (N-methyl/N-ethyl adjacent to an activating group) is 1. The molecule has 1 aliphatic heterocycles. The van der Waals surface area contributed by atoms with Gasteiger partial charge < -0.3 is 15.1 Å². The number of hydrogen-bond acceptors (Lipinski definition) is 3. The minimum Gasteiger partial charge on any atom is -0.372 e. The lowest BCUT2D eigenvalue weighted by atomic mass is 10.1. The van der Waals surface area contributed by atoms with Crippen molar-refractivity contribution in [3.8, 4) is 0 Å². The molecule has 0 saturated heterocycles. The maximum Gasteiger partial charge on any atom is 0.254 e. The third kappa shape index (κ3) is 4.25. The van der Waals surface area contributed by atoms with Crippen LogP contribution in [0.2, 0.25) is 0 Å². The number of anilines is 1. The molecule has 2 aromatic carbocycles. The molecule has 5 nitrogen and oxygen atoms in total. The Kier molecular flexibility index (Phi) is 6.14. The maximum absolute atomic E-state index is 13.3. The van der Waals surface area contributed by atoms with Crippen molar-refractivity contribution in [2.75, 3.05) is 18.5 Å². The van der Waals surface area contributed by atoms with Crippen molar-refractivity contribution in [2.45, 2.75) is 32.5 Å². The van der Waals surface area contributed by atoms with Gasteiger partial charge in [0, 0.05) is 44.0 Å². The molecular formula is C23H27N3O2. The normalized spacial score (nSPS) is 16.1. The first-order valence-corrected chi connectivity index (χ1v) is 9.62. The van der Waals surface area contributed by atoms with E-state index in [-0.39, 0.29) is 17.9 Å². The molecule has 2 aromatic rings. The summed E-state index contributed by atoms with van der Waals surface area (Å²) < 4.78 is 0. The molecule has 28 heavy (non-hydrogen) atoms. The first kappa shape index (κ1) is 19.7. The number of para-hydroxylation sites is 1. The van der Waals surface area contributed by atoms with E-state index in [1.807, 2.05) is 41.3 Å². The number of benzene rings is 2. The quantitative estimate of drug-likeness (QED) is 0.813. The van der Waals surface area contributed by atoms with Crippen molar-refractivity contribution in [3.63, 3.8) is 0 Å². The number of nitrogens with one attached hydrogen (secondary N) is 1. The average molecular weight is 377 g/mol. The van der Waals surface area contributed by atoms with E-state index in [2.05, 4.69) is 42.9 Å². The lowest BCUT2D eigenvalue weighted by molar-refractivity contribution is -0.116. The topological polar surface area (TPSA) is 52.7 Å². The molecule has 2 amide bonds. The highest BCUT2D eigenvalue weighted by Crippen LogP contribution is 2.28. The van der Waals surface area contributed by atoms with Gasteiger partial charge in [-0.1, -0.05) is 43.8 Å². The third-order valence-corrected chi connectivity index (χ3v) is 5.25. The lowest BCUT2D eigenvalue weighted by Crippen LogP contribution is -2.43. The lowest BCUT2D eigenvalue weighted by Gasteiger charge is -2.31. The number of fused-ring (bicyclic) bond motifs is 1. The molecule has 0 saturated carbocycles. The molecule has 3 rings (SSSR count). The Labute approximate surface area is 166 Å². The van der Waals surface area contributed by atoms with Crippen molar-refractivity contribution in [1.29, 1.82) is 0 Å². The monoisotopic (exact) mass is 377 g/mol. The minimum atomic E-state index is -0.210. The van der Waals surface area contributed by atoms with Gasteiger partial charge in [-0.25, -0.2) is 0 Å². The summed E-state index contributed by atoms with van der Waals surface area (Å²) in [6.45, 7) is 7.40. The summed E-state index contributed by atoms with van der Waals surface area (Å²) in [5.74, 6) is -0.170. The van der Waals surface area contributed by atoms with Crippen molar-refractivity contribution < 1.29 is 9.59 Å². The van der Waals surface area contributed by atoms with Crippen molar-refractivity contribution in [1.82, 2.24) is 10.2 Å². The average Bonchev–Trinajstić information content (AvgIpc) is 2.88. The third-order valence-electron chi connectivity index (χ3n) is 5.25. The molecule has 0 aromatic heterocycles. The van der Waals surface area contributed by atoms with Crippen LogP contribution in [0.15, 0.2) is 61.2 Å². The Morgan fingerprint density at radius 3 is 2.57 bits per heavy atom. The molecule has 1 heterocycles. The van der Waals surface area contributed by atoms with Gasteiger partial charge in [0.25, 0.3) is 5.91 Å². The van der Waals surface area contributed by atoms with Gasteiger partial charge in [0.1, 0.15) is 0 Å². The molecular weight excluding hydrogens is 350 g/mol. The Balaban J connectivity index is 1.80. The predicted octanol–water partition coefficient (Wildman–Crippen LogP) is 3.36. The zero-order valence-corrected chi connectivity index (χ0v) is 16.5. The Hall–Kier alpha value is -3.08. The van der Waals surface area contributed by atoms with Crippen LogP contribution < -0.4 is 10.2 Å². The Morgan fingerprint density at radius 2 is 1.89 bits per heavy atom. The van der Waals surface area contributed by atoms with Crippen molar-refractivity contribution >= 4 is 17.5 Å². The molecule has 0 radical (unpaired) electrons. The van der Waals surface area contributed by atoms with E-state index < -0.39 is 0 Å². The molecule has 1 N–H and O–H groups in total. The van der Waals surface area contributed by atoms with Gasteiger partial charge in [0.15, 0.2) is 0 Å². The highest BCUT2D eigenvalue weighted by molar-refractivity contribution is 5.94. The zero-order chi connectivity index (χ0) is 20.1. The molecule has 1 aliphatic rings. The molecule has 0 fully saturated rings.